The van der Waals surface area contributed by atoms with Gasteiger partial charge in [0, 0.05) is 24.5 Å². The van der Waals surface area contributed by atoms with Gasteiger partial charge in [0.2, 0.25) is 0 Å². The van der Waals surface area contributed by atoms with Crippen LogP contribution >= 0.6 is 0 Å². The molecule has 5 heteroatoms. The summed E-state index contributed by atoms with van der Waals surface area (Å²) in [6, 6.07) is 3.75. The molecule has 1 aliphatic heterocycles. The van der Waals surface area contributed by atoms with Crippen LogP contribution in [-0.4, -0.2) is 24.7 Å². The lowest BCUT2D eigenvalue weighted by Gasteiger charge is -2.50. The lowest BCUT2D eigenvalue weighted by molar-refractivity contribution is -0.0784. The smallest absolute Gasteiger partial charge is 0.254 e. The van der Waals surface area contributed by atoms with Gasteiger partial charge in [-0.25, -0.2) is 8.78 Å². The normalized spacial score (nSPS) is 33.3. The summed E-state index contributed by atoms with van der Waals surface area (Å²) in [5.74, 6) is -1.34. The second-order valence-electron chi connectivity index (χ2n) is 7.01. The van der Waals surface area contributed by atoms with Gasteiger partial charge in [0.15, 0.2) is 11.6 Å². The van der Waals surface area contributed by atoms with E-state index in [4.69, 9.17) is 4.74 Å². The highest BCUT2D eigenvalue weighted by Crippen LogP contribution is 2.51. The largest absolute Gasteiger partial charge is 0.377 e. The van der Waals surface area contributed by atoms with Crippen molar-refractivity contribution < 1.29 is 18.3 Å². The second kappa shape index (κ2) is 5.86. The first kappa shape index (κ1) is 15.1. The number of carbonyl (C=O) groups is 1. The van der Waals surface area contributed by atoms with Gasteiger partial charge >= 0.3 is 0 Å². The van der Waals surface area contributed by atoms with E-state index < -0.39 is 17.5 Å². The fourth-order valence-electron chi connectivity index (χ4n) is 4.77. The molecule has 1 N–H and O–H groups in total. The molecule has 3 fully saturated rings. The van der Waals surface area contributed by atoms with E-state index in [9.17, 15) is 13.6 Å². The van der Waals surface area contributed by atoms with Gasteiger partial charge in [-0.15, -0.1) is 0 Å². The molecule has 0 spiro atoms. The van der Waals surface area contributed by atoms with Crippen LogP contribution in [0, 0.1) is 29.4 Å². The maximum absolute atomic E-state index is 13.8. The van der Waals surface area contributed by atoms with Crippen molar-refractivity contribution in [2.45, 2.75) is 44.2 Å². The van der Waals surface area contributed by atoms with Crippen LogP contribution in [0.2, 0.25) is 0 Å². The van der Waals surface area contributed by atoms with Crippen LogP contribution in [0.3, 0.4) is 0 Å². The number of halogens is 2. The second-order valence-corrected chi connectivity index (χ2v) is 7.01. The zero-order valence-electron chi connectivity index (χ0n) is 12.9. The summed E-state index contributed by atoms with van der Waals surface area (Å²) < 4.78 is 33.0. The number of hydrogen-bond donors (Lipinski definition) is 1. The van der Waals surface area contributed by atoms with Gasteiger partial charge in [-0.05, 0) is 24.5 Å². The Bertz CT molecular complexity index is 610. The summed E-state index contributed by atoms with van der Waals surface area (Å²) in [4.78, 5) is 12.4. The third-order valence-corrected chi connectivity index (χ3v) is 5.88. The van der Waals surface area contributed by atoms with Crippen LogP contribution in [0.15, 0.2) is 18.2 Å². The third-order valence-electron chi connectivity index (χ3n) is 5.88. The molecule has 1 aromatic rings. The molecule has 0 radical (unpaired) electrons. The van der Waals surface area contributed by atoms with Crippen molar-refractivity contribution in [2.24, 2.45) is 17.8 Å². The predicted molar refractivity (Wildman–Crippen MR) is 80.9 cm³/mol. The van der Waals surface area contributed by atoms with E-state index >= 15 is 0 Å². The van der Waals surface area contributed by atoms with Crippen molar-refractivity contribution in [3.8, 4) is 0 Å². The molecule has 0 unspecified atom stereocenters. The van der Waals surface area contributed by atoms with E-state index in [1.165, 1.54) is 37.8 Å². The molecular weight excluding hydrogens is 300 g/mol. The fourth-order valence-corrected chi connectivity index (χ4v) is 4.77. The first-order valence-corrected chi connectivity index (χ1v) is 8.53. The highest BCUT2D eigenvalue weighted by Gasteiger charge is 2.57. The SMILES string of the molecule is O=C(N[C@H]1[C@H]2CCO[C@H]2[C@H]1C1CCCC1)c1cccc(F)c1F. The molecule has 1 aromatic carbocycles. The number of hydrogen-bond acceptors (Lipinski definition) is 2. The van der Waals surface area contributed by atoms with Gasteiger partial charge in [0.1, 0.15) is 0 Å². The van der Waals surface area contributed by atoms with Crippen molar-refractivity contribution in [1.29, 1.82) is 0 Å². The minimum Gasteiger partial charge on any atom is -0.377 e. The van der Waals surface area contributed by atoms with Crippen LogP contribution in [0.1, 0.15) is 42.5 Å². The minimum absolute atomic E-state index is 0.0285. The van der Waals surface area contributed by atoms with E-state index in [1.54, 1.807) is 0 Å². The van der Waals surface area contributed by atoms with Gasteiger partial charge < -0.3 is 10.1 Å². The highest BCUT2D eigenvalue weighted by molar-refractivity contribution is 5.94. The molecule has 0 bridgehead atoms. The average molecular weight is 321 g/mol. The molecule has 4 rings (SSSR count). The Balaban J connectivity index is 1.52. The first-order chi connectivity index (χ1) is 11.2. The van der Waals surface area contributed by atoms with Crippen LogP contribution in [0.25, 0.3) is 0 Å². The summed E-state index contributed by atoms with van der Waals surface area (Å²) in [7, 11) is 0. The van der Waals surface area contributed by atoms with E-state index in [1.807, 2.05) is 0 Å². The Hall–Kier alpha value is -1.49. The van der Waals surface area contributed by atoms with E-state index in [0.717, 1.165) is 19.1 Å². The Morgan fingerprint density at radius 1 is 1.17 bits per heavy atom. The lowest BCUT2D eigenvalue weighted by atomic mass is 9.61. The standard InChI is InChI=1S/C18H21F2NO2/c19-13-7-3-6-11(15(13)20)18(22)21-16-12-8-9-23-17(12)14(16)10-4-1-2-5-10/h3,6-7,10,12,14,16-17H,1-2,4-5,8-9H2,(H,21,22)/t12-,14+,16+,17-/m1/s1. The van der Waals surface area contributed by atoms with Crippen molar-refractivity contribution >= 4 is 5.91 Å². The summed E-state index contributed by atoms with van der Waals surface area (Å²) in [6.07, 6.45) is 6.00. The van der Waals surface area contributed by atoms with E-state index in [-0.39, 0.29) is 17.7 Å². The number of amides is 1. The van der Waals surface area contributed by atoms with Crippen LogP contribution in [-0.2, 0) is 4.74 Å². The number of carbonyl (C=O) groups excluding carboxylic acids is 1. The molecule has 3 nitrogen and oxygen atoms in total. The zero-order valence-corrected chi connectivity index (χ0v) is 12.9. The number of rotatable bonds is 3. The van der Waals surface area contributed by atoms with Crippen molar-refractivity contribution in [3.05, 3.63) is 35.4 Å². The van der Waals surface area contributed by atoms with E-state index in [2.05, 4.69) is 5.32 Å². The van der Waals surface area contributed by atoms with Crippen molar-refractivity contribution in [2.75, 3.05) is 6.61 Å². The predicted octanol–water partition coefficient (Wildman–Crippen LogP) is 3.29. The lowest BCUT2D eigenvalue weighted by Crippen LogP contribution is -2.63. The monoisotopic (exact) mass is 321 g/mol. The molecule has 3 aliphatic rings. The van der Waals surface area contributed by atoms with Gasteiger partial charge in [0.25, 0.3) is 5.91 Å². The Morgan fingerprint density at radius 3 is 2.74 bits per heavy atom. The van der Waals surface area contributed by atoms with Crippen LogP contribution in [0.5, 0.6) is 0 Å². The average Bonchev–Trinajstić information content (AvgIpc) is 3.18. The minimum atomic E-state index is -1.07. The van der Waals surface area contributed by atoms with Gasteiger partial charge in [-0.1, -0.05) is 31.7 Å². The quantitative estimate of drug-likeness (QED) is 0.928. The van der Waals surface area contributed by atoms with Gasteiger partial charge in [-0.2, -0.15) is 0 Å². The van der Waals surface area contributed by atoms with E-state index in [0.29, 0.717) is 17.8 Å². The van der Waals surface area contributed by atoms with Gasteiger partial charge in [0.05, 0.1) is 11.7 Å². The Kier molecular flexibility index (Phi) is 3.84. The topological polar surface area (TPSA) is 38.3 Å². The molecular formula is C18H21F2NO2. The summed E-state index contributed by atoms with van der Waals surface area (Å²) >= 11 is 0. The fraction of sp³-hybridized carbons (Fsp3) is 0.611. The molecule has 1 amide bonds. The van der Waals surface area contributed by atoms with Gasteiger partial charge in [-0.3, -0.25) is 4.79 Å². The molecule has 1 saturated heterocycles. The Morgan fingerprint density at radius 2 is 1.96 bits per heavy atom. The van der Waals surface area contributed by atoms with Crippen molar-refractivity contribution in [1.82, 2.24) is 5.32 Å². The summed E-state index contributed by atoms with van der Waals surface area (Å²) in [5.41, 5.74) is -0.211. The zero-order chi connectivity index (χ0) is 16.0. The van der Waals surface area contributed by atoms with Crippen molar-refractivity contribution in [3.63, 3.8) is 0 Å². The third kappa shape index (κ3) is 2.45. The van der Waals surface area contributed by atoms with Crippen LogP contribution in [0.4, 0.5) is 8.78 Å². The molecule has 1 heterocycles. The summed E-state index contributed by atoms with van der Waals surface area (Å²) in [6.45, 7) is 0.735. The molecule has 23 heavy (non-hydrogen) atoms. The molecule has 2 saturated carbocycles. The first-order valence-electron chi connectivity index (χ1n) is 8.53. The molecule has 4 atom stereocenters. The highest BCUT2D eigenvalue weighted by atomic mass is 19.2. The Labute approximate surface area is 134 Å². The number of nitrogens with one attached hydrogen (secondary N) is 1. The maximum atomic E-state index is 13.8. The number of benzene rings is 1. The number of fused-ring (bicyclic) bond motifs is 1. The van der Waals surface area contributed by atoms with Crippen LogP contribution < -0.4 is 5.32 Å². The molecule has 0 aromatic heterocycles. The maximum Gasteiger partial charge on any atom is 0.254 e. The molecule has 124 valence electrons. The number of ether oxygens (including phenoxy) is 1. The summed E-state index contributed by atoms with van der Waals surface area (Å²) in [5, 5.41) is 2.97. The molecule has 2 aliphatic carbocycles.